The standard InChI is InChI=1S/C34H50O9/c1-7-8-9-10-14-18-30(37)42-32-27(22-31(38)39-5)21-28(43-34(32,40-6)33(3,4)19-15-20-35)23-29(36)25(2)41-24-26-16-12-11-13-17-26/h11-13,15-17,19-20,22,25,28-29,32,36H,7-10,14,18,21,23-24H2,1-6H3/t25-,28+,29-,32+,34-/m1/s1. The molecule has 1 aliphatic heterocycles. The zero-order valence-electron chi connectivity index (χ0n) is 26.6. The van der Waals surface area contributed by atoms with Gasteiger partial charge in [0.1, 0.15) is 6.29 Å². The maximum Gasteiger partial charge on any atom is 0.330 e. The lowest BCUT2D eigenvalue weighted by atomic mass is 9.74. The largest absolute Gasteiger partial charge is 0.466 e. The van der Waals surface area contributed by atoms with Crippen molar-refractivity contribution < 1.29 is 43.2 Å². The Kier molecular flexibility index (Phi) is 15.3. The first-order valence-corrected chi connectivity index (χ1v) is 15.2. The van der Waals surface area contributed by atoms with Crippen LogP contribution in [0.15, 0.2) is 54.1 Å². The van der Waals surface area contributed by atoms with Crippen LogP contribution in [-0.4, -0.2) is 67.8 Å². The van der Waals surface area contributed by atoms with Crippen molar-refractivity contribution in [3.8, 4) is 0 Å². The third-order valence-electron chi connectivity index (χ3n) is 7.92. The average Bonchev–Trinajstić information content (AvgIpc) is 3.00. The summed E-state index contributed by atoms with van der Waals surface area (Å²) in [6.07, 6.45) is 7.00. The Morgan fingerprint density at radius 1 is 1.14 bits per heavy atom. The van der Waals surface area contributed by atoms with E-state index in [0.29, 0.717) is 24.9 Å². The van der Waals surface area contributed by atoms with Gasteiger partial charge in [-0.15, -0.1) is 0 Å². The number of rotatable bonds is 18. The molecule has 9 heteroatoms. The van der Waals surface area contributed by atoms with Gasteiger partial charge >= 0.3 is 11.9 Å². The third kappa shape index (κ3) is 10.7. The van der Waals surface area contributed by atoms with Crippen molar-refractivity contribution in [1.29, 1.82) is 0 Å². The number of ether oxygens (including phenoxy) is 5. The van der Waals surface area contributed by atoms with Crippen LogP contribution >= 0.6 is 0 Å². The SMILES string of the molecule is CCCCCCCC(=O)O[C@H]1C(=CC(=O)OC)C[C@@H](C[C@@H](O)[C@@H](C)OCc2ccccc2)O[C@@]1(OC)C(C)(C)C=CC=O. The van der Waals surface area contributed by atoms with Crippen LogP contribution in [0.5, 0.6) is 0 Å². The second kappa shape index (κ2) is 18.1. The maximum atomic E-state index is 13.1. The Morgan fingerprint density at radius 3 is 2.47 bits per heavy atom. The summed E-state index contributed by atoms with van der Waals surface area (Å²) in [5.74, 6) is -2.71. The molecule has 1 aliphatic rings. The van der Waals surface area contributed by atoms with Crippen LogP contribution in [0.4, 0.5) is 0 Å². The molecule has 0 aliphatic carbocycles. The van der Waals surface area contributed by atoms with E-state index in [1.165, 1.54) is 26.4 Å². The zero-order valence-corrected chi connectivity index (χ0v) is 26.6. The van der Waals surface area contributed by atoms with Gasteiger partial charge in [0.2, 0.25) is 5.79 Å². The van der Waals surface area contributed by atoms with Crippen molar-refractivity contribution in [3.63, 3.8) is 0 Å². The van der Waals surface area contributed by atoms with E-state index >= 15 is 0 Å². The minimum Gasteiger partial charge on any atom is -0.466 e. The summed E-state index contributed by atoms with van der Waals surface area (Å²) in [6, 6.07) is 9.66. The quantitative estimate of drug-likeness (QED) is 0.0988. The van der Waals surface area contributed by atoms with Crippen molar-refractivity contribution in [2.24, 2.45) is 5.41 Å². The number of hydrogen-bond donors (Lipinski definition) is 1. The van der Waals surface area contributed by atoms with E-state index in [2.05, 4.69) is 6.92 Å². The molecule has 0 unspecified atom stereocenters. The van der Waals surface area contributed by atoms with E-state index in [9.17, 15) is 19.5 Å². The monoisotopic (exact) mass is 602 g/mol. The predicted molar refractivity (Wildman–Crippen MR) is 163 cm³/mol. The van der Waals surface area contributed by atoms with E-state index in [1.807, 2.05) is 30.3 Å². The molecule has 0 aromatic heterocycles. The van der Waals surface area contributed by atoms with Crippen LogP contribution < -0.4 is 0 Å². The second-order valence-electron chi connectivity index (χ2n) is 11.6. The first-order chi connectivity index (χ1) is 20.5. The van der Waals surface area contributed by atoms with Gasteiger partial charge in [-0.25, -0.2) is 4.79 Å². The molecule has 1 saturated heterocycles. The Labute approximate surface area is 256 Å². The second-order valence-corrected chi connectivity index (χ2v) is 11.6. The number of benzene rings is 1. The smallest absolute Gasteiger partial charge is 0.330 e. The lowest BCUT2D eigenvalue weighted by Gasteiger charge is -2.53. The molecule has 0 bridgehead atoms. The van der Waals surface area contributed by atoms with E-state index in [1.54, 1.807) is 26.8 Å². The lowest BCUT2D eigenvalue weighted by molar-refractivity contribution is -0.338. The van der Waals surface area contributed by atoms with E-state index in [-0.39, 0.29) is 19.3 Å². The first kappa shape index (κ1) is 36.3. The molecule has 0 spiro atoms. The Balaban J connectivity index is 2.38. The van der Waals surface area contributed by atoms with Crippen LogP contribution in [0.25, 0.3) is 0 Å². The normalized spacial score (nSPS) is 23.2. The summed E-state index contributed by atoms with van der Waals surface area (Å²) in [6.45, 7) is 7.83. The first-order valence-electron chi connectivity index (χ1n) is 15.2. The maximum absolute atomic E-state index is 13.1. The zero-order chi connectivity index (χ0) is 31.9. The average molecular weight is 603 g/mol. The topological polar surface area (TPSA) is 118 Å². The van der Waals surface area contributed by atoms with Gasteiger partial charge in [-0.05, 0) is 37.0 Å². The summed E-state index contributed by atoms with van der Waals surface area (Å²) < 4.78 is 29.6. The highest BCUT2D eigenvalue weighted by molar-refractivity contribution is 5.83. The third-order valence-corrected chi connectivity index (χ3v) is 7.92. The number of unbranched alkanes of at least 4 members (excludes halogenated alkanes) is 4. The van der Waals surface area contributed by atoms with Crippen LogP contribution in [-0.2, 0) is 44.7 Å². The van der Waals surface area contributed by atoms with Gasteiger partial charge < -0.3 is 28.8 Å². The highest BCUT2D eigenvalue weighted by Crippen LogP contribution is 2.48. The Bertz CT molecular complexity index is 1060. The minimum atomic E-state index is -1.64. The highest BCUT2D eigenvalue weighted by Gasteiger charge is 2.59. The molecule has 1 aromatic rings. The van der Waals surface area contributed by atoms with Crippen molar-refractivity contribution >= 4 is 18.2 Å². The Hall–Kier alpha value is -2.85. The van der Waals surface area contributed by atoms with Crippen molar-refractivity contribution in [2.75, 3.05) is 14.2 Å². The van der Waals surface area contributed by atoms with Crippen molar-refractivity contribution in [3.05, 3.63) is 59.7 Å². The fourth-order valence-corrected chi connectivity index (χ4v) is 5.34. The highest BCUT2D eigenvalue weighted by atomic mass is 16.7. The lowest BCUT2D eigenvalue weighted by Crippen LogP contribution is -2.63. The molecule has 0 amide bonds. The molecule has 0 radical (unpaired) electrons. The number of aliphatic hydroxyl groups is 1. The fourth-order valence-electron chi connectivity index (χ4n) is 5.34. The molecule has 1 N–H and O–H groups in total. The molecular formula is C34H50O9. The number of aldehydes is 1. The predicted octanol–water partition coefficient (Wildman–Crippen LogP) is 5.63. The molecular weight excluding hydrogens is 552 g/mol. The van der Waals surface area contributed by atoms with Crippen molar-refractivity contribution in [1.82, 2.24) is 0 Å². The minimum absolute atomic E-state index is 0.144. The number of aliphatic hydroxyl groups excluding tert-OH is 1. The number of hydrogen-bond acceptors (Lipinski definition) is 9. The molecule has 2 rings (SSSR count). The van der Waals surface area contributed by atoms with Crippen LogP contribution in [0.2, 0.25) is 0 Å². The number of allylic oxidation sites excluding steroid dienone is 1. The van der Waals surface area contributed by atoms with E-state index < -0.39 is 47.6 Å². The summed E-state index contributed by atoms with van der Waals surface area (Å²) in [4.78, 5) is 36.9. The van der Waals surface area contributed by atoms with Crippen LogP contribution in [0.3, 0.4) is 0 Å². The van der Waals surface area contributed by atoms with Gasteiger partial charge in [0, 0.05) is 31.4 Å². The van der Waals surface area contributed by atoms with Gasteiger partial charge in [0.15, 0.2) is 6.10 Å². The molecule has 0 saturated carbocycles. The van der Waals surface area contributed by atoms with Crippen LogP contribution in [0.1, 0.15) is 84.6 Å². The molecule has 1 fully saturated rings. The van der Waals surface area contributed by atoms with Gasteiger partial charge in [0.05, 0.1) is 32.0 Å². The molecule has 5 atom stereocenters. The number of esters is 2. The molecule has 240 valence electrons. The Morgan fingerprint density at radius 2 is 1.84 bits per heavy atom. The molecule has 1 heterocycles. The molecule has 43 heavy (non-hydrogen) atoms. The number of methoxy groups -OCH3 is 2. The number of carbonyl (C=O) groups is 3. The molecule has 1 aromatic carbocycles. The summed E-state index contributed by atoms with van der Waals surface area (Å²) in [5.41, 5.74) is 0.390. The van der Waals surface area contributed by atoms with Gasteiger partial charge in [0.25, 0.3) is 0 Å². The van der Waals surface area contributed by atoms with Gasteiger partial charge in [-0.3, -0.25) is 9.59 Å². The summed E-state index contributed by atoms with van der Waals surface area (Å²) in [5, 5.41) is 11.1. The van der Waals surface area contributed by atoms with Gasteiger partial charge in [-0.1, -0.05) is 82.9 Å². The van der Waals surface area contributed by atoms with Crippen molar-refractivity contribution in [2.45, 2.75) is 116 Å². The summed E-state index contributed by atoms with van der Waals surface area (Å²) >= 11 is 0. The summed E-state index contributed by atoms with van der Waals surface area (Å²) in [7, 11) is 2.70. The van der Waals surface area contributed by atoms with E-state index in [0.717, 1.165) is 31.2 Å². The van der Waals surface area contributed by atoms with E-state index in [4.69, 9.17) is 23.7 Å². The fraction of sp³-hybridized carbons (Fsp3) is 0.618. The van der Waals surface area contributed by atoms with Gasteiger partial charge in [-0.2, -0.15) is 0 Å². The molecule has 9 nitrogen and oxygen atoms in total. The number of carbonyl (C=O) groups excluding carboxylic acids is 3. The van der Waals surface area contributed by atoms with Crippen LogP contribution in [0, 0.1) is 5.41 Å².